The zero-order valence-electron chi connectivity index (χ0n) is 8.52. The highest BCUT2D eigenvalue weighted by Crippen LogP contribution is 2.16. The topological polar surface area (TPSA) is 30.0 Å². The van der Waals surface area contributed by atoms with Gasteiger partial charge in [-0.05, 0) is 56.9 Å². The van der Waals surface area contributed by atoms with Crippen LogP contribution in [-0.4, -0.2) is 10.8 Å². The average Bonchev–Trinajstić information content (AvgIpc) is 2.79. The molecule has 2 nitrogen and oxygen atoms in total. The minimum absolute atomic E-state index is 0.0821. The number of thiophene rings is 1. The first-order valence-electron chi connectivity index (χ1n) is 4.92. The molecule has 0 aromatic carbocycles. The van der Waals surface area contributed by atoms with Crippen LogP contribution >= 0.6 is 27.3 Å². The third-order valence-electron chi connectivity index (χ3n) is 2.24. The molecule has 0 radical (unpaired) electrons. The second-order valence-electron chi connectivity index (χ2n) is 3.39. The molecular formula is C12H10BrNOS. The maximum atomic E-state index is 11.9. The number of carbonyl (C=O) groups excluding carboxylic acids is 1. The van der Waals surface area contributed by atoms with E-state index in [1.165, 1.54) is 5.56 Å². The monoisotopic (exact) mass is 295 g/mol. The number of halogens is 1. The molecule has 16 heavy (non-hydrogen) atoms. The van der Waals surface area contributed by atoms with Gasteiger partial charge >= 0.3 is 0 Å². The van der Waals surface area contributed by atoms with Gasteiger partial charge in [-0.2, -0.15) is 11.3 Å². The highest BCUT2D eigenvalue weighted by molar-refractivity contribution is 9.10. The lowest BCUT2D eigenvalue weighted by atomic mass is 10.1. The standard InChI is InChI=1S/C12H10BrNOS/c13-10-2-1-6-14-12(10)11(15)4-3-9-5-7-16-8-9/h1-2,5-8H,3-4H2. The van der Waals surface area contributed by atoms with Gasteiger partial charge in [0.25, 0.3) is 0 Å². The Morgan fingerprint density at radius 2 is 2.31 bits per heavy atom. The molecule has 0 amide bonds. The Kier molecular flexibility index (Phi) is 3.85. The molecule has 82 valence electrons. The van der Waals surface area contributed by atoms with Crippen LogP contribution < -0.4 is 0 Å². The quantitative estimate of drug-likeness (QED) is 0.805. The molecule has 0 saturated heterocycles. The Morgan fingerprint density at radius 3 is 3.00 bits per heavy atom. The minimum atomic E-state index is 0.0821. The van der Waals surface area contributed by atoms with Crippen molar-refractivity contribution in [1.82, 2.24) is 4.98 Å². The summed E-state index contributed by atoms with van der Waals surface area (Å²) in [5.41, 5.74) is 1.74. The average molecular weight is 296 g/mol. The lowest BCUT2D eigenvalue weighted by Crippen LogP contribution is -2.04. The maximum absolute atomic E-state index is 11.9. The lowest BCUT2D eigenvalue weighted by Gasteiger charge is -2.01. The number of aromatic nitrogens is 1. The van der Waals surface area contributed by atoms with Crippen molar-refractivity contribution in [3.05, 3.63) is 50.9 Å². The summed E-state index contributed by atoms with van der Waals surface area (Å²) in [4.78, 5) is 16.0. The molecule has 4 heteroatoms. The first-order chi connectivity index (χ1) is 7.77. The summed E-state index contributed by atoms with van der Waals surface area (Å²) in [6.45, 7) is 0. The van der Waals surface area contributed by atoms with Crippen LogP contribution in [0, 0.1) is 0 Å². The number of hydrogen-bond donors (Lipinski definition) is 0. The Labute approximate surface area is 106 Å². The van der Waals surface area contributed by atoms with E-state index in [9.17, 15) is 4.79 Å². The largest absolute Gasteiger partial charge is 0.292 e. The molecule has 0 spiro atoms. The van der Waals surface area contributed by atoms with Crippen molar-refractivity contribution in [2.45, 2.75) is 12.8 Å². The highest BCUT2D eigenvalue weighted by Gasteiger charge is 2.10. The molecule has 0 aliphatic carbocycles. The van der Waals surface area contributed by atoms with Gasteiger partial charge in [0.1, 0.15) is 5.69 Å². The fraction of sp³-hybridized carbons (Fsp3) is 0.167. The van der Waals surface area contributed by atoms with E-state index in [0.29, 0.717) is 12.1 Å². The van der Waals surface area contributed by atoms with Gasteiger partial charge in [-0.1, -0.05) is 0 Å². The highest BCUT2D eigenvalue weighted by atomic mass is 79.9. The van der Waals surface area contributed by atoms with E-state index in [4.69, 9.17) is 0 Å². The number of Topliss-reactive ketones (excluding diaryl/α,β-unsaturated/α-hetero) is 1. The zero-order chi connectivity index (χ0) is 11.4. The molecule has 0 bridgehead atoms. The van der Waals surface area contributed by atoms with E-state index in [2.05, 4.69) is 26.3 Å². The van der Waals surface area contributed by atoms with Gasteiger partial charge in [0.2, 0.25) is 0 Å². The smallest absolute Gasteiger partial charge is 0.182 e. The van der Waals surface area contributed by atoms with Crippen LogP contribution in [0.1, 0.15) is 22.5 Å². The summed E-state index contributed by atoms with van der Waals surface area (Å²) in [6.07, 6.45) is 2.93. The summed E-state index contributed by atoms with van der Waals surface area (Å²) in [7, 11) is 0. The van der Waals surface area contributed by atoms with Gasteiger partial charge in [0.05, 0.1) is 0 Å². The van der Waals surface area contributed by atoms with Crippen LogP contribution in [0.4, 0.5) is 0 Å². The maximum Gasteiger partial charge on any atom is 0.182 e. The Bertz CT molecular complexity index is 482. The van der Waals surface area contributed by atoms with Crippen molar-refractivity contribution in [3.63, 3.8) is 0 Å². The van der Waals surface area contributed by atoms with Gasteiger partial charge in [0.15, 0.2) is 5.78 Å². The van der Waals surface area contributed by atoms with Gasteiger partial charge in [0, 0.05) is 17.1 Å². The van der Waals surface area contributed by atoms with Gasteiger partial charge in [-0.25, -0.2) is 0 Å². The molecule has 2 aromatic heterocycles. The van der Waals surface area contributed by atoms with E-state index in [1.807, 2.05) is 17.5 Å². The first kappa shape index (κ1) is 11.5. The van der Waals surface area contributed by atoms with Crippen molar-refractivity contribution in [2.24, 2.45) is 0 Å². The van der Waals surface area contributed by atoms with Crippen LogP contribution in [0.15, 0.2) is 39.6 Å². The second-order valence-corrected chi connectivity index (χ2v) is 5.02. The van der Waals surface area contributed by atoms with E-state index >= 15 is 0 Å². The number of hydrogen-bond acceptors (Lipinski definition) is 3. The van der Waals surface area contributed by atoms with Gasteiger partial charge in [-0.15, -0.1) is 0 Å². The normalized spacial score (nSPS) is 10.3. The third kappa shape index (κ3) is 2.77. The third-order valence-corrected chi connectivity index (χ3v) is 3.62. The Morgan fingerprint density at radius 1 is 1.44 bits per heavy atom. The van der Waals surface area contributed by atoms with Crippen molar-refractivity contribution in [1.29, 1.82) is 0 Å². The van der Waals surface area contributed by atoms with Crippen LogP contribution in [-0.2, 0) is 6.42 Å². The summed E-state index contributed by atoms with van der Waals surface area (Å²) in [5, 5.41) is 4.09. The van der Waals surface area contributed by atoms with E-state index in [0.717, 1.165) is 10.9 Å². The van der Waals surface area contributed by atoms with Crippen LogP contribution in [0.3, 0.4) is 0 Å². The SMILES string of the molecule is O=C(CCc1ccsc1)c1ncccc1Br. The molecule has 0 unspecified atom stereocenters. The molecule has 2 aromatic rings. The molecule has 0 aliphatic heterocycles. The van der Waals surface area contributed by atoms with Crippen molar-refractivity contribution in [3.8, 4) is 0 Å². The molecular weight excluding hydrogens is 286 g/mol. The number of aryl methyl sites for hydroxylation is 1. The number of nitrogens with zero attached hydrogens (tertiary/aromatic N) is 1. The van der Waals surface area contributed by atoms with E-state index < -0.39 is 0 Å². The van der Waals surface area contributed by atoms with E-state index in [-0.39, 0.29) is 5.78 Å². The van der Waals surface area contributed by atoms with Crippen LogP contribution in [0.5, 0.6) is 0 Å². The molecule has 0 atom stereocenters. The molecule has 2 heterocycles. The summed E-state index contributed by atoms with van der Waals surface area (Å²) in [6, 6.07) is 5.69. The van der Waals surface area contributed by atoms with Gasteiger partial charge < -0.3 is 0 Å². The molecule has 0 fully saturated rings. The minimum Gasteiger partial charge on any atom is -0.292 e. The molecule has 0 N–H and O–H groups in total. The lowest BCUT2D eigenvalue weighted by molar-refractivity contribution is 0.0977. The van der Waals surface area contributed by atoms with Crippen molar-refractivity contribution in [2.75, 3.05) is 0 Å². The first-order valence-corrected chi connectivity index (χ1v) is 6.66. The fourth-order valence-corrected chi connectivity index (χ4v) is 2.58. The zero-order valence-corrected chi connectivity index (χ0v) is 10.9. The molecule has 0 saturated carbocycles. The van der Waals surface area contributed by atoms with Crippen LogP contribution in [0.25, 0.3) is 0 Å². The van der Waals surface area contributed by atoms with E-state index in [1.54, 1.807) is 23.6 Å². The van der Waals surface area contributed by atoms with Crippen molar-refractivity contribution >= 4 is 33.0 Å². The second kappa shape index (κ2) is 5.37. The number of carbonyl (C=O) groups is 1. The number of pyridine rings is 1. The number of ketones is 1. The predicted molar refractivity (Wildman–Crippen MR) is 68.9 cm³/mol. The number of rotatable bonds is 4. The summed E-state index contributed by atoms with van der Waals surface area (Å²) in [5.74, 6) is 0.0821. The summed E-state index contributed by atoms with van der Waals surface area (Å²) >= 11 is 4.99. The van der Waals surface area contributed by atoms with Crippen LogP contribution in [0.2, 0.25) is 0 Å². The molecule has 2 rings (SSSR count). The van der Waals surface area contributed by atoms with Gasteiger partial charge in [-0.3, -0.25) is 9.78 Å². The fourth-order valence-electron chi connectivity index (χ4n) is 1.40. The molecule has 0 aliphatic rings. The summed E-state index contributed by atoms with van der Waals surface area (Å²) < 4.78 is 0.769. The van der Waals surface area contributed by atoms with Crippen molar-refractivity contribution < 1.29 is 4.79 Å². The Hall–Kier alpha value is -1.00. The predicted octanol–water partition coefficient (Wildman–Crippen LogP) is 3.72. The Balaban J connectivity index is 2.01.